The van der Waals surface area contributed by atoms with Crippen molar-refractivity contribution in [1.29, 1.82) is 0 Å². The molecule has 8 heteroatoms. The molecule has 0 radical (unpaired) electrons. The van der Waals surface area contributed by atoms with Crippen LogP contribution in [0.15, 0.2) is 41.3 Å². The smallest absolute Gasteiger partial charge is 0.233 e. The molecule has 7 nitrogen and oxygen atoms in total. The van der Waals surface area contributed by atoms with Gasteiger partial charge in [-0.05, 0) is 68.4 Å². The van der Waals surface area contributed by atoms with Crippen LogP contribution in [-0.2, 0) is 19.4 Å². The Bertz CT molecular complexity index is 1040. The van der Waals surface area contributed by atoms with Crippen molar-refractivity contribution in [2.45, 2.75) is 61.5 Å². The van der Waals surface area contributed by atoms with Gasteiger partial charge in [-0.15, -0.1) is 5.10 Å². The number of aromatic nitrogens is 2. The Morgan fingerprint density at radius 1 is 1.10 bits per heavy atom. The first-order chi connectivity index (χ1) is 14.3. The van der Waals surface area contributed by atoms with E-state index in [4.69, 9.17) is 0 Å². The molecule has 1 unspecified atom stereocenters. The lowest BCUT2D eigenvalue weighted by molar-refractivity contribution is -0.119. The minimum Gasteiger partial charge on any atom is -0.309 e. The number of benzene rings is 1. The van der Waals surface area contributed by atoms with Crippen molar-refractivity contribution in [1.82, 2.24) is 10.2 Å². The first-order valence-electron chi connectivity index (χ1n) is 10.3. The third kappa shape index (κ3) is 4.59. The van der Waals surface area contributed by atoms with Crippen molar-refractivity contribution >= 4 is 27.3 Å². The van der Waals surface area contributed by atoms with Crippen molar-refractivity contribution < 1.29 is 18.0 Å². The molecule has 0 bridgehead atoms. The highest BCUT2D eigenvalue weighted by Crippen LogP contribution is 2.36. The van der Waals surface area contributed by atoms with Gasteiger partial charge in [0.1, 0.15) is 5.78 Å². The number of Topliss-reactive ketones (excluding diaryl/α,β-unsaturated/α-hetero) is 1. The molecule has 1 heterocycles. The van der Waals surface area contributed by atoms with Gasteiger partial charge in [0, 0.05) is 12.8 Å². The summed E-state index contributed by atoms with van der Waals surface area (Å²) in [6.45, 7) is 1.82. The van der Waals surface area contributed by atoms with Crippen molar-refractivity contribution in [3.05, 3.63) is 47.7 Å². The summed E-state index contributed by atoms with van der Waals surface area (Å²) in [6, 6.07) is 10.1. The third-order valence-corrected chi connectivity index (χ3v) is 8.13. The van der Waals surface area contributed by atoms with E-state index in [9.17, 15) is 18.0 Å². The lowest BCUT2D eigenvalue weighted by Crippen LogP contribution is -2.24. The van der Waals surface area contributed by atoms with E-state index in [2.05, 4.69) is 15.5 Å². The standard InChI is InChI=1S/C22H25N3O4S/c1-14-2-11-21(25-24-14)23-22(27)20(13-15-3-6-17(26)12-15)16-4-7-18(8-5-16)30(28,29)19-9-10-19/h2,4-5,7-8,11,15,19-20H,3,6,9-10,12-13H2,1H3,(H,23,25,27)/t15-,20?/m0/s1. The monoisotopic (exact) mass is 427 g/mol. The molecule has 2 saturated carbocycles. The second kappa shape index (κ2) is 8.26. The molecule has 2 aliphatic rings. The summed E-state index contributed by atoms with van der Waals surface area (Å²) in [4.78, 5) is 25.1. The molecule has 30 heavy (non-hydrogen) atoms. The highest BCUT2D eigenvalue weighted by atomic mass is 32.2. The number of ketones is 1. The number of nitrogens with one attached hydrogen (secondary N) is 1. The molecule has 2 fully saturated rings. The Balaban J connectivity index is 1.56. The zero-order valence-electron chi connectivity index (χ0n) is 16.9. The molecule has 2 atom stereocenters. The molecule has 1 amide bonds. The molecule has 158 valence electrons. The minimum atomic E-state index is -3.27. The van der Waals surface area contributed by atoms with Crippen LogP contribution in [0.25, 0.3) is 0 Å². The minimum absolute atomic E-state index is 0.146. The van der Waals surface area contributed by atoms with Gasteiger partial charge in [0.25, 0.3) is 0 Å². The number of hydrogen-bond donors (Lipinski definition) is 1. The molecule has 1 aromatic heterocycles. The molecule has 1 N–H and O–H groups in total. The lowest BCUT2D eigenvalue weighted by atomic mass is 9.87. The van der Waals surface area contributed by atoms with E-state index in [-0.39, 0.29) is 22.9 Å². The largest absolute Gasteiger partial charge is 0.309 e. The fourth-order valence-electron chi connectivity index (χ4n) is 3.96. The first-order valence-corrected chi connectivity index (χ1v) is 11.8. The number of carbonyl (C=O) groups excluding carboxylic acids is 2. The molecule has 4 rings (SSSR count). The molecule has 2 aromatic rings. The molecule has 0 spiro atoms. The van der Waals surface area contributed by atoms with Crippen LogP contribution in [0.5, 0.6) is 0 Å². The van der Waals surface area contributed by atoms with Crippen LogP contribution in [-0.4, -0.2) is 35.6 Å². The topological polar surface area (TPSA) is 106 Å². The zero-order chi connectivity index (χ0) is 21.3. The molecule has 0 aliphatic heterocycles. The van der Waals surface area contributed by atoms with Crippen molar-refractivity contribution in [3.63, 3.8) is 0 Å². The van der Waals surface area contributed by atoms with Crippen molar-refractivity contribution in [3.8, 4) is 0 Å². The van der Waals surface area contributed by atoms with Crippen LogP contribution in [0.3, 0.4) is 0 Å². The summed E-state index contributed by atoms with van der Waals surface area (Å²) in [5.41, 5.74) is 1.49. The first kappa shape index (κ1) is 20.7. The Kier molecular flexibility index (Phi) is 5.69. The predicted molar refractivity (Wildman–Crippen MR) is 112 cm³/mol. The Hall–Kier alpha value is -2.61. The fraction of sp³-hybridized carbons (Fsp3) is 0.455. The van der Waals surface area contributed by atoms with Crippen LogP contribution in [0.1, 0.15) is 55.7 Å². The van der Waals surface area contributed by atoms with Gasteiger partial charge in [-0.2, -0.15) is 5.10 Å². The number of amides is 1. The van der Waals surface area contributed by atoms with Gasteiger partial charge in [-0.3, -0.25) is 9.59 Å². The van der Waals surface area contributed by atoms with Crippen LogP contribution in [0, 0.1) is 12.8 Å². The van der Waals surface area contributed by atoms with Gasteiger partial charge in [0.05, 0.1) is 21.8 Å². The molecular weight excluding hydrogens is 402 g/mol. The maximum Gasteiger partial charge on any atom is 0.233 e. The van der Waals surface area contributed by atoms with Crippen LogP contribution in [0.4, 0.5) is 5.82 Å². The van der Waals surface area contributed by atoms with Crippen LogP contribution < -0.4 is 5.32 Å². The van der Waals surface area contributed by atoms with Crippen LogP contribution >= 0.6 is 0 Å². The van der Waals surface area contributed by atoms with Gasteiger partial charge in [-0.1, -0.05) is 12.1 Å². The van der Waals surface area contributed by atoms with E-state index in [0.29, 0.717) is 42.8 Å². The van der Waals surface area contributed by atoms with E-state index >= 15 is 0 Å². The predicted octanol–water partition coefficient (Wildman–Crippen LogP) is 3.20. The normalized spacial score (nSPS) is 20.2. The number of hydrogen-bond acceptors (Lipinski definition) is 6. The maximum atomic E-state index is 13.1. The number of anilines is 1. The van der Waals surface area contributed by atoms with Gasteiger partial charge >= 0.3 is 0 Å². The number of aryl methyl sites for hydroxylation is 1. The molecular formula is C22H25N3O4S. The second-order valence-electron chi connectivity index (χ2n) is 8.30. The number of carbonyl (C=O) groups is 2. The molecule has 1 aromatic carbocycles. The van der Waals surface area contributed by atoms with E-state index in [0.717, 1.165) is 17.7 Å². The summed E-state index contributed by atoms with van der Waals surface area (Å²) in [5.74, 6) is 0.0136. The second-order valence-corrected chi connectivity index (χ2v) is 10.5. The molecule has 2 aliphatic carbocycles. The summed E-state index contributed by atoms with van der Waals surface area (Å²) in [6.07, 6.45) is 3.78. The van der Waals surface area contributed by atoms with Crippen molar-refractivity contribution in [2.75, 3.05) is 5.32 Å². The van der Waals surface area contributed by atoms with Gasteiger partial charge in [-0.25, -0.2) is 8.42 Å². The fourth-order valence-corrected chi connectivity index (χ4v) is 5.62. The van der Waals surface area contributed by atoms with Gasteiger partial charge in [0.2, 0.25) is 5.91 Å². The average molecular weight is 428 g/mol. The van der Waals surface area contributed by atoms with Gasteiger partial charge < -0.3 is 5.32 Å². The third-order valence-electron chi connectivity index (χ3n) is 5.86. The maximum absolute atomic E-state index is 13.1. The van der Waals surface area contributed by atoms with E-state index in [1.165, 1.54) is 0 Å². The summed E-state index contributed by atoms with van der Waals surface area (Å²) in [7, 11) is -3.27. The van der Waals surface area contributed by atoms with Crippen molar-refractivity contribution in [2.24, 2.45) is 5.92 Å². The van der Waals surface area contributed by atoms with E-state index < -0.39 is 15.8 Å². The summed E-state index contributed by atoms with van der Waals surface area (Å²) >= 11 is 0. The quantitative estimate of drug-likeness (QED) is 0.727. The van der Waals surface area contributed by atoms with Gasteiger partial charge in [0.15, 0.2) is 15.7 Å². The Morgan fingerprint density at radius 2 is 1.83 bits per heavy atom. The van der Waals surface area contributed by atoms with Crippen LogP contribution in [0.2, 0.25) is 0 Å². The zero-order valence-corrected chi connectivity index (χ0v) is 17.7. The van der Waals surface area contributed by atoms with E-state index in [1.807, 2.05) is 6.92 Å². The summed E-state index contributed by atoms with van der Waals surface area (Å²) < 4.78 is 24.9. The lowest BCUT2D eigenvalue weighted by Gasteiger charge is -2.20. The SMILES string of the molecule is Cc1ccc(NC(=O)C(C[C@H]2CCC(=O)C2)c2ccc(S(=O)(=O)C3CC3)cc2)nn1. The number of rotatable bonds is 7. The highest BCUT2D eigenvalue weighted by molar-refractivity contribution is 7.92. The van der Waals surface area contributed by atoms with E-state index in [1.54, 1.807) is 36.4 Å². The molecule has 0 saturated heterocycles. The Morgan fingerprint density at radius 3 is 2.40 bits per heavy atom. The average Bonchev–Trinajstić information content (AvgIpc) is 3.51. The Labute approximate surface area is 176 Å². The highest BCUT2D eigenvalue weighted by Gasteiger charge is 2.37. The summed E-state index contributed by atoms with van der Waals surface area (Å²) in [5, 5.41) is 10.5. The number of sulfone groups is 1. The number of nitrogens with zero attached hydrogens (tertiary/aromatic N) is 2.